The van der Waals surface area contributed by atoms with Crippen LogP contribution in [0.25, 0.3) is 33.4 Å². The van der Waals surface area contributed by atoms with Crippen LogP contribution in [0.2, 0.25) is 0 Å². The maximum Gasteiger partial charge on any atom is 0.0404 e. The number of rotatable bonds is 6. The smallest absolute Gasteiger partial charge is 0.0404 e. The molecule has 0 atom stereocenters. The van der Waals surface area contributed by atoms with Gasteiger partial charge in [-0.1, -0.05) is 62.4 Å². The fourth-order valence-electron chi connectivity index (χ4n) is 4.13. The number of nitrogens with two attached hydrogens (primary N) is 3. The van der Waals surface area contributed by atoms with E-state index < -0.39 is 0 Å². The van der Waals surface area contributed by atoms with E-state index in [-0.39, 0.29) is 5.54 Å². The SMILES string of the molecule is CCC(N)(CC)c1ccc(-c2cc(-c3ccc(N)cc3)cc(-c3ccc(N)cc3)c2)cc1. The molecule has 0 aliphatic rings. The first-order valence-corrected chi connectivity index (χ1v) is 11.2. The Kier molecular flexibility index (Phi) is 6.02. The Morgan fingerprint density at radius 1 is 0.500 bits per heavy atom. The Labute approximate surface area is 190 Å². The molecule has 0 unspecified atom stereocenters. The third-order valence-electron chi connectivity index (χ3n) is 6.48. The summed E-state index contributed by atoms with van der Waals surface area (Å²) in [5.74, 6) is 0. The summed E-state index contributed by atoms with van der Waals surface area (Å²) in [5, 5.41) is 0. The van der Waals surface area contributed by atoms with E-state index in [1.165, 1.54) is 5.56 Å². The van der Waals surface area contributed by atoms with E-state index in [9.17, 15) is 0 Å². The lowest BCUT2D eigenvalue weighted by atomic mass is 9.85. The lowest BCUT2D eigenvalue weighted by Gasteiger charge is -2.27. The van der Waals surface area contributed by atoms with Gasteiger partial charge in [0.05, 0.1) is 0 Å². The fraction of sp³-hybridized carbons (Fsp3) is 0.172. The zero-order valence-electron chi connectivity index (χ0n) is 18.8. The molecule has 0 aliphatic heterocycles. The molecule has 4 aromatic rings. The monoisotopic (exact) mass is 421 g/mol. The number of hydrogen-bond donors (Lipinski definition) is 3. The molecule has 162 valence electrons. The molecule has 6 N–H and O–H groups in total. The molecule has 0 fully saturated rings. The second-order valence-corrected chi connectivity index (χ2v) is 8.48. The van der Waals surface area contributed by atoms with Crippen molar-refractivity contribution in [1.29, 1.82) is 0 Å². The molecule has 3 heteroatoms. The van der Waals surface area contributed by atoms with Crippen molar-refractivity contribution in [1.82, 2.24) is 0 Å². The van der Waals surface area contributed by atoms with Crippen molar-refractivity contribution in [3.05, 3.63) is 96.6 Å². The predicted octanol–water partition coefficient (Wildman–Crippen LogP) is 6.83. The van der Waals surface area contributed by atoms with E-state index >= 15 is 0 Å². The molecule has 0 bridgehead atoms. The van der Waals surface area contributed by atoms with E-state index in [4.69, 9.17) is 17.2 Å². The average molecular weight is 422 g/mol. The molecular formula is C29H31N3. The largest absolute Gasteiger partial charge is 0.399 e. The van der Waals surface area contributed by atoms with E-state index in [1.807, 2.05) is 24.3 Å². The molecule has 0 radical (unpaired) electrons. The summed E-state index contributed by atoms with van der Waals surface area (Å²) in [7, 11) is 0. The second kappa shape index (κ2) is 8.89. The number of anilines is 2. The molecule has 0 saturated carbocycles. The van der Waals surface area contributed by atoms with Crippen LogP contribution in [0, 0.1) is 0 Å². The summed E-state index contributed by atoms with van der Waals surface area (Å²) in [5.41, 5.74) is 27.7. The Balaban J connectivity index is 1.82. The van der Waals surface area contributed by atoms with E-state index in [0.29, 0.717) is 0 Å². The van der Waals surface area contributed by atoms with Gasteiger partial charge in [0.15, 0.2) is 0 Å². The van der Waals surface area contributed by atoms with Gasteiger partial charge >= 0.3 is 0 Å². The quantitative estimate of drug-likeness (QED) is 0.299. The number of benzene rings is 4. The van der Waals surface area contributed by atoms with Crippen LogP contribution in [0.4, 0.5) is 11.4 Å². The Bertz CT molecular complexity index is 1120. The highest BCUT2D eigenvalue weighted by atomic mass is 14.7. The first kappa shape index (κ1) is 21.7. The van der Waals surface area contributed by atoms with Gasteiger partial charge in [-0.15, -0.1) is 0 Å². The predicted molar refractivity (Wildman–Crippen MR) is 138 cm³/mol. The highest BCUT2D eigenvalue weighted by molar-refractivity contribution is 5.81. The van der Waals surface area contributed by atoms with Crippen LogP contribution >= 0.6 is 0 Å². The molecule has 3 nitrogen and oxygen atoms in total. The van der Waals surface area contributed by atoms with Gasteiger partial charge in [0.25, 0.3) is 0 Å². The third-order valence-corrected chi connectivity index (χ3v) is 6.48. The highest BCUT2D eigenvalue weighted by Crippen LogP contribution is 2.34. The topological polar surface area (TPSA) is 78.1 Å². The summed E-state index contributed by atoms with van der Waals surface area (Å²) in [4.78, 5) is 0. The first-order chi connectivity index (χ1) is 15.4. The third kappa shape index (κ3) is 4.39. The van der Waals surface area contributed by atoms with E-state index in [1.54, 1.807) is 0 Å². The van der Waals surface area contributed by atoms with Gasteiger partial charge in [-0.05, 0) is 94.3 Å². The van der Waals surface area contributed by atoms with Crippen molar-refractivity contribution in [2.75, 3.05) is 11.5 Å². The van der Waals surface area contributed by atoms with Crippen LogP contribution in [-0.4, -0.2) is 0 Å². The lowest BCUT2D eigenvalue weighted by molar-refractivity contribution is 0.413. The van der Waals surface area contributed by atoms with Crippen molar-refractivity contribution < 1.29 is 0 Å². The van der Waals surface area contributed by atoms with Gasteiger partial charge in [-0.2, -0.15) is 0 Å². The summed E-state index contributed by atoms with van der Waals surface area (Å²) in [6.45, 7) is 4.29. The normalized spacial score (nSPS) is 11.5. The van der Waals surface area contributed by atoms with Crippen molar-refractivity contribution in [2.45, 2.75) is 32.2 Å². The summed E-state index contributed by atoms with van der Waals surface area (Å²) < 4.78 is 0. The second-order valence-electron chi connectivity index (χ2n) is 8.48. The molecule has 0 aromatic heterocycles. The first-order valence-electron chi connectivity index (χ1n) is 11.2. The molecule has 0 aliphatic carbocycles. The van der Waals surface area contributed by atoms with E-state index in [0.717, 1.165) is 57.6 Å². The van der Waals surface area contributed by atoms with Gasteiger partial charge in [0, 0.05) is 16.9 Å². The van der Waals surface area contributed by atoms with Crippen LogP contribution in [0.5, 0.6) is 0 Å². The zero-order valence-corrected chi connectivity index (χ0v) is 18.8. The standard InChI is InChI=1S/C29H31N3/c1-3-29(32,4-2)26-11-5-20(6-12-26)23-17-24(21-7-13-27(30)14-8-21)19-25(18-23)22-9-15-28(31)16-10-22/h5-19H,3-4,30-32H2,1-2H3. The van der Waals surface area contributed by atoms with Crippen molar-refractivity contribution >= 4 is 11.4 Å². The molecular weight excluding hydrogens is 390 g/mol. The van der Waals surface area contributed by atoms with Crippen LogP contribution in [-0.2, 0) is 5.54 Å². The minimum atomic E-state index is -0.278. The lowest BCUT2D eigenvalue weighted by Crippen LogP contribution is -2.34. The van der Waals surface area contributed by atoms with Crippen molar-refractivity contribution in [3.63, 3.8) is 0 Å². The van der Waals surface area contributed by atoms with Gasteiger partial charge in [0.1, 0.15) is 0 Å². The fourth-order valence-corrected chi connectivity index (χ4v) is 4.13. The number of nitrogen functional groups attached to an aromatic ring is 2. The molecule has 4 rings (SSSR count). The van der Waals surface area contributed by atoms with Crippen LogP contribution in [0.3, 0.4) is 0 Å². The van der Waals surface area contributed by atoms with Gasteiger partial charge < -0.3 is 17.2 Å². The molecule has 0 saturated heterocycles. The number of hydrogen-bond acceptors (Lipinski definition) is 3. The average Bonchev–Trinajstić information content (AvgIpc) is 2.84. The molecule has 4 aromatic carbocycles. The maximum atomic E-state index is 6.61. The van der Waals surface area contributed by atoms with Crippen LogP contribution in [0.1, 0.15) is 32.3 Å². The van der Waals surface area contributed by atoms with Crippen LogP contribution < -0.4 is 17.2 Å². The highest BCUT2D eigenvalue weighted by Gasteiger charge is 2.22. The summed E-state index contributed by atoms with van der Waals surface area (Å²) >= 11 is 0. The van der Waals surface area contributed by atoms with Gasteiger partial charge in [-0.25, -0.2) is 0 Å². The molecule has 0 heterocycles. The van der Waals surface area contributed by atoms with Gasteiger partial charge in [0.2, 0.25) is 0 Å². The van der Waals surface area contributed by atoms with E-state index in [2.05, 4.69) is 80.6 Å². The van der Waals surface area contributed by atoms with Gasteiger partial charge in [-0.3, -0.25) is 0 Å². The minimum Gasteiger partial charge on any atom is -0.399 e. The Hall–Kier alpha value is -3.56. The summed E-state index contributed by atoms with van der Waals surface area (Å²) in [6.07, 6.45) is 1.83. The maximum absolute atomic E-state index is 6.61. The minimum absolute atomic E-state index is 0.278. The summed E-state index contributed by atoms with van der Waals surface area (Å²) in [6, 6.07) is 31.4. The molecule has 32 heavy (non-hydrogen) atoms. The van der Waals surface area contributed by atoms with Crippen LogP contribution in [0.15, 0.2) is 91.0 Å². The Morgan fingerprint density at radius 3 is 1.12 bits per heavy atom. The Morgan fingerprint density at radius 2 is 0.812 bits per heavy atom. The van der Waals surface area contributed by atoms with Crippen molar-refractivity contribution in [3.8, 4) is 33.4 Å². The van der Waals surface area contributed by atoms with Crippen molar-refractivity contribution in [2.24, 2.45) is 5.73 Å². The zero-order chi connectivity index (χ0) is 22.7. The molecule has 0 spiro atoms. The molecule has 0 amide bonds.